The van der Waals surface area contributed by atoms with E-state index in [2.05, 4.69) is 26.1 Å². The number of amides is 1. The van der Waals surface area contributed by atoms with Crippen LogP contribution in [0, 0.1) is 5.41 Å². The van der Waals surface area contributed by atoms with Crippen LogP contribution in [0.5, 0.6) is 0 Å². The van der Waals surface area contributed by atoms with Gasteiger partial charge in [-0.15, -0.1) is 22.9 Å². The van der Waals surface area contributed by atoms with Gasteiger partial charge in [-0.25, -0.2) is 0 Å². The number of thiophene rings is 1. The number of nitrogens with one attached hydrogen (secondary N) is 1. The third-order valence-corrected chi connectivity index (χ3v) is 5.26. The molecule has 18 heavy (non-hydrogen) atoms. The van der Waals surface area contributed by atoms with Crippen molar-refractivity contribution < 1.29 is 4.79 Å². The minimum Gasteiger partial charge on any atom is -0.351 e. The van der Waals surface area contributed by atoms with Gasteiger partial charge in [0.1, 0.15) is 0 Å². The molecule has 0 saturated carbocycles. The number of carbonyl (C=O) groups is 1. The van der Waals surface area contributed by atoms with Gasteiger partial charge in [-0.05, 0) is 36.3 Å². The minimum absolute atomic E-state index is 0.0286. The van der Waals surface area contributed by atoms with Gasteiger partial charge in [0.25, 0.3) is 5.91 Å². The largest absolute Gasteiger partial charge is 0.351 e. The fourth-order valence-electron chi connectivity index (χ4n) is 1.90. The van der Waals surface area contributed by atoms with E-state index in [0.29, 0.717) is 12.4 Å². The van der Waals surface area contributed by atoms with Crippen LogP contribution in [0.2, 0.25) is 0 Å². The average molecular weight is 288 g/mol. The summed E-state index contributed by atoms with van der Waals surface area (Å²) < 4.78 is 0. The van der Waals surface area contributed by atoms with Crippen LogP contribution in [0.3, 0.4) is 0 Å². The summed E-state index contributed by atoms with van der Waals surface area (Å²) in [6.07, 6.45) is 2.87. The van der Waals surface area contributed by atoms with E-state index in [-0.39, 0.29) is 11.3 Å². The molecule has 0 bridgehead atoms. The molecule has 0 aromatic carbocycles. The first-order valence-corrected chi connectivity index (χ1v) is 7.94. The fourth-order valence-corrected chi connectivity index (χ4v) is 3.28. The highest BCUT2D eigenvalue weighted by atomic mass is 35.5. The van der Waals surface area contributed by atoms with Crippen LogP contribution in [0.1, 0.15) is 48.8 Å². The number of alkyl halides is 1. The molecule has 2 nitrogen and oxygen atoms in total. The first kappa shape index (κ1) is 15.5. The van der Waals surface area contributed by atoms with Crippen molar-refractivity contribution in [3.63, 3.8) is 0 Å². The molecule has 0 aliphatic carbocycles. The van der Waals surface area contributed by atoms with E-state index in [1.807, 2.05) is 11.4 Å². The van der Waals surface area contributed by atoms with Crippen LogP contribution in [-0.2, 0) is 6.42 Å². The molecule has 0 aliphatic heterocycles. The molecule has 1 rings (SSSR count). The van der Waals surface area contributed by atoms with Gasteiger partial charge in [-0.2, -0.15) is 0 Å². The second-order valence-electron chi connectivity index (χ2n) is 4.65. The molecule has 1 amide bonds. The fraction of sp³-hybridized carbons (Fsp3) is 0.643. The van der Waals surface area contributed by atoms with E-state index < -0.39 is 0 Å². The maximum Gasteiger partial charge on any atom is 0.261 e. The molecule has 1 heterocycles. The average Bonchev–Trinajstić information content (AvgIpc) is 2.89. The van der Waals surface area contributed by atoms with Gasteiger partial charge in [0.15, 0.2) is 0 Å². The summed E-state index contributed by atoms with van der Waals surface area (Å²) in [5.74, 6) is 0.629. The lowest BCUT2D eigenvalue weighted by atomic mass is 9.84. The lowest BCUT2D eigenvalue weighted by Gasteiger charge is -2.29. The van der Waals surface area contributed by atoms with Crippen LogP contribution >= 0.6 is 22.9 Å². The molecule has 1 aromatic heterocycles. The maximum atomic E-state index is 12.1. The molecule has 0 spiro atoms. The summed E-state index contributed by atoms with van der Waals surface area (Å²) in [6, 6.07) is 2.02. The van der Waals surface area contributed by atoms with E-state index in [1.165, 1.54) is 11.3 Å². The van der Waals surface area contributed by atoms with Crippen molar-refractivity contribution in [2.45, 2.75) is 40.0 Å². The Morgan fingerprint density at radius 2 is 2.06 bits per heavy atom. The summed E-state index contributed by atoms with van der Waals surface area (Å²) in [4.78, 5) is 13.0. The SMILES string of the molecule is CCc1ccsc1C(=O)NCC(CC)(CC)CCl. The van der Waals surface area contributed by atoms with Gasteiger partial charge in [0, 0.05) is 17.8 Å². The number of rotatable bonds is 7. The maximum absolute atomic E-state index is 12.1. The predicted molar refractivity (Wildman–Crippen MR) is 79.8 cm³/mol. The Bertz CT molecular complexity index is 377. The van der Waals surface area contributed by atoms with Crippen LogP contribution < -0.4 is 5.32 Å². The summed E-state index contributed by atoms with van der Waals surface area (Å²) in [5.41, 5.74) is 1.16. The molecular formula is C14H22ClNOS. The van der Waals surface area contributed by atoms with Gasteiger partial charge in [-0.1, -0.05) is 20.8 Å². The number of halogens is 1. The Hall–Kier alpha value is -0.540. The smallest absolute Gasteiger partial charge is 0.261 e. The predicted octanol–water partition coefficient (Wildman–Crippen LogP) is 4.09. The zero-order valence-electron chi connectivity index (χ0n) is 11.4. The highest BCUT2D eigenvalue weighted by Crippen LogP contribution is 2.27. The van der Waals surface area contributed by atoms with Crippen molar-refractivity contribution in [2.24, 2.45) is 5.41 Å². The van der Waals surface area contributed by atoms with Crippen molar-refractivity contribution in [1.82, 2.24) is 5.32 Å². The second kappa shape index (κ2) is 7.15. The third-order valence-electron chi connectivity index (χ3n) is 3.74. The summed E-state index contributed by atoms with van der Waals surface area (Å²) in [7, 11) is 0. The summed E-state index contributed by atoms with van der Waals surface area (Å²) in [6.45, 7) is 6.98. The lowest BCUT2D eigenvalue weighted by molar-refractivity contribution is 0.0935. The van der Waals surface area contributed by atoms with Crippen LogP contribution in [0.15, 0.2) is 11.4 Å². The quantitative estimate of drug-likeness (QED) is 0.752. The van der Waals surface area contributed by atoms with E-state index in [4.69, 9.17) is 11.6 Å². The summed E-state index contributed by atoms with van der Waals surface area (Å²) >= 11 is 7.55. The topological polar surface area (TPSA) is 29.1 Å². The molecule has 0 aliphatic rings. The molecule has 1 N–H and O–H groups in total. The Kier molecular flexibility index (Phi) is 6.16. The molecule has 4 heteroatoms. The first-order valence-electron chi connectivity index (χ1n) is 6.53. The summed E-state index contributed by atoms with van der Waals surface area (Å²) in [5, 5.41) is 5.01. The Morgan fingerprint density at radius 3 is 2.56 bits per heavy atom. The standard InChI is InChI=1S/C14H22ClNOS/c1-4-11-7-8-18-12(11)13(17)16-10-14(5-2,6-3)9-15/h7-8H,4-6,9-10H2,1-3H3,(H,16,17). The van der Waals surface area contributed by atoms with Crippen LogP contribution in [0.4, 0.5) is 0 Å². The second-order valence-corrected chi connectivity index (χ2v) is 5.84. The highest BCUT2D eigenvalue weighted by molar-refractivity contribution is 7.12. The Balaban J connectivity index is 2.66. The van der Waals surface area contributed by atoms with Gasteiger partial charge >= 0.3 is 0 Å². The van der Waals surface area contributed by atoms with Gasteiger partial charge in [0.2, 0.25) is 0 Å². The number of hydrogen-bond acceptors (Lipinski definition) is 2. The minimum atomic E-state index is 0.0286. The zero-order chi connectivity index (χ0) is 13.6. The van der Waals surface area contributed by atoms with Crippen molar-refractivity contribution in [2.75, 3.05) is 12.4 Å². The number of aryl methyl sites for hydroxylation is 1. The van der Waals surface area contributed by atoms with Crippen molar-refractivity contribution in [1.29, 1.82) is 0 Å². The van der Waals surface area contributed by atoms with Crippen molar-refractivity contribution in [3.05, 3.63) is 21.9 Å². The normalized spacial score (nSPS) is 11.6. The van der Waals surface area contributed by atoms with Crippen molar-refractivity contribution >= 4 is 28.8 Å². The third kappa shape index (κ3) is 3.48. The van der Waals surface area contributed by atoms with Crippen molar-refractivity contribution in [3.8, 4) is 0 Å². The first-order chi connectivity index (χ1) is 8.62. The molecule has 0 fully saturated rings. The Labute approximate surface area is 119 Å². The van der Waals surface area contributed by atoms with E-state index >= 15 is 0 Å². The van der Waals surface area contributed by atoms with Gasteiger partial charge in [-0.3, -0.25) is 4.79 Å². The van der Waals surface area contributed by atoms with Crippen LogP contribution in [-0.4, -0.2) is 18.3 Å². The molecule has 0 atom stereocenters. The van der Waals surface area contributed by atoms with Gasteiger partial charge in [0.05, 0.1) is 4.88 Å². The molecule has 102 valence electrons. The molecule has 1 aromatic rings. The Morgan fingerprint density at radius 1 is 1.39 bits per heavy atom. The molecule has 0 saturated heterocycles. The lowest BCUT2D eigenvalue weighted by Crippen LogP contribution is -2.38. The van der Waals surface area contributed by atoms with E-state index in [0.717, 1.165) is 29.7 Å². The van der Waals surface area contributed by atoms with E-state index in [1.54, 1.807) is 0 Å². The highest BCUT2D eigenvalue weighted by Gasteiger charge is 2.26. The van der Waals surface area contributed by atoms with Gasteiger partial charge < -0.3 is 5.32 Å². The van der Waals surface area contributed by atoms with Crippen LogP contribution in [0.25, 0.3) is 0 Å². The molecule has 0 radical (unpaired) electrons. The molecule has 0 unspecified atom stereocenters. The molecular weight excluding hydrogens is 266 g/mol. The monoisotopic (exact) mass is 287 g/mol. The van der Waals surface area contributed by atoms with E-state index in [9.17, 15) is 4.79 Å². The number of carbonyl (C=O) groups excluding carboxylic acids is 1. The number of hydrogen-bond donors (Lipinski definition) is 1. The zero-order valence-corrected chi connectivity index (χ0v) is 13.0.